The Morgan fingerprint density at radius 2 is 2.06 bits per heavy atom. The van der Waals surface area contributed by atoms with E-state index >= 15 is 0 Å². The van der Waals surface area contributed by atoms with Crippen LogP contribution in [0.3, 0.4) is 0 Å². The molecule has 0 unspecified atom stereocenters. The summed E-state index contributed by atoms with van der Waals surface area (Å²) >= 11 is 0. The van der Waals surface area contributed by atoms with Crippen LogP contribution in [0.4, 0.5) is 8.78 Å². The van der Waals surface area contributed by atoms with E-state index in [4.69, 9.17) is 9.84 Å². The molecule has 0 amide bonds. The molecule has 1 aromatic heterocycles. The zero-order valence-electron chi connectivity index (χ0n) is 8.80. The topological polar surface area (TPSA) is 72.3 Å². The molecule has 0 aliphatic carbocycles. The van der Waals surface area contributed by atoms with Crippen LogP contribution in [0.2, 0.25) is 0 Å². The molecule has 0 fully saturated rings. The van der Waals surface area contributed by atoms with E-state index in [1.165, 1.54) is 6.07 Å². The summed E-state index contributed by atoms with van der Waals surface area (Å²) in [6, 6.07) is 4.43. The first-order valence-corrected chi connectivity index (χ1v) is 4.76. The number of nitrogens with zero attached hydrogens (tertiary/aromatic N) is 2. The highest BCUT2D eigenvalue weighted by molar-refractivity contribution is 5.90. The van der Waals surface area contributed by atoms with Crippen molar-refractivity contribution in [2.24, 2.45) is 0 Å². The fourth-order valence-electron chi connectivity index (χ4n) is 1.22. The highest BCUT2D eigenvalue weighted by atomic mass is 19.2. The van der Waals surface area contributed by atoms with Crippen molar-refractivity contribution in [3.8, 4) is 11.6 Å². The molecule has 7 heteroatoms. The Morgan fingerprint density at radius 1 is 1.28 bits per heavy atom. The molecule has 0 aliphatic rings. The fourth-order valence-corrected chi connectivity index (χ4v) is 1.22. The van der Waals surface area contributed by atoms with Gasteiger partial charge in [0.1, 0.15) is 5.56 Å². The third-order valence-electron chi connectivity index (χ3n) is 2.04. The molecule has 5 nitrogen and oxygen atoms in total. The van der Waals surface area contributed by atoms with Crippen LogP contribution < -0.4 is 4.74 Å². The van der Waals surface area contributed by atoms with Crippen LogP contribution in [0.15, 0.2) is 30.5 Å². The van der Waals surface area contributed by atoms with Gasteiger partial charge in [0.15, 0.2) is 11.6 Å². The third-order valence-corrected chi connectivity index (χ3v) is 2.04. The van der Waals surface area contributed by atoms with Crippen molar-refractivity contribution in [1.82, 2.24) is 10.2 Å². The SMILES string of the molecule is O=C(O)c1ccnnc1Oc1cccc(F)c1F. The second-order valence-electron chi connectivity index (χ2n) is 3.21. The van der Waals surface area contributed by atoms with E-state index in [1.807, 2.05) is 0 Å². The number of ether oxygens (including phenoxy) is 1. The Kier molecular flexibility index (Phi) is 3.13. The molecular weight excluding hydrogens is 246 g/mol. The first kappa shape index (κ1) is 11.9. The first-order chi connectivity index (χ1) is 8.59. The number of carboxylic acid groups (broad SMARTS) is 1. The molecule has 1 N–H and O–H groups in total. The largest absolute Gasteiger partial charge is 0.477 e. The van der Waals surface area contributed by atoms with Gasteiger partial charge in [-0.2, -0.15) is 9.49 Å². The van der Waals surface area contributed by atoms with E-state index in [0.29, 0.717) is 0 Å². The van der Waals surface area contributed by atoms with Gasteiger partial charge in [-0.1, -0.05) is 6.07 Å². The molecule has 0 radical (unpaired) electrons. The van der Waals surface area contributed by atoms with Gasteiger partial charge in [-0.15, -0.1) is 5.10 Å². The van der Waals surface area contributed by atoms with Crippen LogP contribution in [0.1, 0.15) is 10.4 Å². The number of halogens is 2. The number of hydrogen-bond acceptors (Lipinski definition) is 4. The van der Waals surface area contributed by atoms with Gasteiger partial charge in [0, 0.05) is 0 Å². The van der Waals surface area contributed by atoms with E-state index in [2.05, 4.69) is 10.2 Å². The first-order valence-electron chi connectivity index (χ1n) is 4.76. The summed E-state index contributed by atoms with van der Waals surface area (Å²) in [6.07, 6.45) is 1.15. The van der Waals surface area contributed by atoms with E-state index in [9.17, 15) is 13.6 Å². The van der Waals surface area contributed by atoms with Gasteiger partial charge in [-0.05, 0) is 18.2 Å². The van der Waals surface area contributed by atoms with Crippen LogP contribution in [-0.2, 0) is 0 Å². The van der Waals surface area contributed by atoms with Crippen LogP contribution in [0.25, 0.3) is 0 Å². The molecular formula is C11H6F2N2O3. The Morgan fingerprint density at radius 3 is 2.78 bits per heavy atom. The van der Waals surface area contributed by atoms with E-state index in [1.54, 1.807) is 0 Å². The van der Waals surface area contributed by atoms with Crippen LogP contribution in [0, 0.1) is 11.6 Å². The van der Waals surface area contributed by atoms with Crippen molar-refractivity contribution in [2.75, 3.05) is 0 Å². The maximum absolute atomic E-state index is 13.3. The molecule has 0 saturated heterocycles. The number of benzene rings is 1. The lowest BCUT2D eigenvalue weighted by molar-refractivity contribution is 0.0693. The summed E-state index contributed by atoms with van der Waals surface area (Å²) in [5, 5.41) is 15.7. The van der Waals surface area contributed by atoms with E-state index in [0.717, 1.165) is 24.4 Å². The second-order valence-corrected chi connectivity index (χ2v) is 3.21. The van der Waals surface area contributed by atoms with Gasteiger partial charge in [-0.25, -0.2) is 9.18 Å². The summed E-state index contributed by atoms with van der Waals surface area (Å²) in [6.45, 7) is 0. The van der Waals surface area contributed by atoms with Crippen molar-refractivity contribution in [2.45, 2.75) is 0 Å². The zero-order chi connectivity index (χ0) is 13.1. The molecule has 0 spiro atoms. The summed E-state index contributed by atoms with van der Waals surface area (Å²) in [5.41, 5.74) is -0.298. The monoisotopic (exact) mass is 252 g/mol. The van der Waals surface area contributed by atoms with Gasteiger partial charge < -0.3 is 9.84 Å². The fraction of sp³-hybridized carbons (Fsp3) is 0. The number of hydrogen-bond donors (Lipinski definition) is 1. The Hall–Kier alpha value is -2.57. The minimum absolute atomic E-state index is 0.298. The number of aromatic carboxylic acids is 1. The molecule has 18 heavy (non-hydrogen) atoms. The van der Waals surface area contributed by atoms with Crippen molar-refractivity contribution >= 4 is 5.97 Å². The van der Waals surface area contributed by atoms with Gasteiger partial charge in [0.25, 0.3) is 5.88 Å². The van der Waals surface area contributed by atoms with Crippen LogP contribution >= 0.6 is 0 Å². The number of carbonyl (C=O) groups is 1. The van der Waals surface area contributed by atoms with Gasteiger partial charge in [0.2, 0.25) is 5.82 Å². The molecule has 2 aromatic rings. The van der Waals surface area contributed by atoms with Crippen molar-refractivity contribution in [3.63, 3.8) is 0 Å². The normalized spacial score (nSPS) is 10.1. The Labute approximate surface area is 99.7 Å². The van der Waals surface area contributed by atoms with Crippen molar-refractivity contribution in [1.29, 1.82) is 0 Å². The molecule has 92 valence electrons. The van der Waals surface area contributed by atoms with Gasteiger partial charge >= 0.3 is 5.97 Å². The predicted octanol–water partition coefficient (Wildman–Crippen LogP) is 2.25. The highest BCUT2D eigenvalue weighted by Crippen LogP contribution is 2.26. The van der Waals surface area contributed by atoms with Gasteiger partial charge in [0.05, 0.1) is 6.20 Å². The van der Waals surface area contributed by atoms with E-state index in [-0.39, 0.29) is 5.56 Å². The maximum Gasteiger partial charge on any atom is 0.341 e. The second kappa shape index (κ2) is 4.74. The lowest BCUT2D eigenvalue weighted by Crippen LogP contribution is -2.03. The molecule has 1 heterocycles. The maximum atomic E-state index is 13.3. The third kappa shape index (κ3) is 2.24. The number of aromatic nitrogens is 2. The molecule has 0 saturated carbocycles. The summed E-state index contributed by atoms with van der Waals surface area (Å²) in [7, 11) is 0. The number of carboxylic acids is 1. The van der Waals surface area contributed by atoms with Gasteiger partial charge in [-0.3, -0.25) is 0 Å². The van der Waals surface area contributed by atoms with Crippen LogP contribution in [-0.4, -0.2) is 21.3 Å². The van der Waals surface area contributed by atoms with Crippen molar-refractivity contribution < 1.29 is 23.4 Å². The molecule has 1 aromatic carbocycles. The molecule has 0 atom stereocenters. The summed E-state index contributed by atoms with van der Waals surface area (Å²) < 4.78 is 31.2. The average Bonchev–Trinajstić information content (AvgIpc) is 2.35. The molecule has 0 aliphatic heterocycles. The Bertz CT molecular complexity index is 605. The smallest absolute Gasteiger partial charge is 0.341 e. The minimum Gasteiger partial charge on any atom is -0.477 e. The summed E-state index contributed by atoms with van der Waals surface area (Å²) in [5.74, 6) is -4.50. The standard InChI is InChI=1S/C11H6F2N2O3/c12-7-2-1-3-8(9(7)13)18-10-6(11(16)17)4-5-14-15-10/h1-5H,(H,16,17). The Balaban J connectivity index is 2.40. The summed E-state index contributed by atoms with van der Waals surface area (Å²) in [4.78, 5) is 10.8. The average molecular weight is 252 g/mol. The van der Waals surface area contributed by atoms with Crippen molar-refractivity contribution in [3.05, 3.63) is 47.7 Å². The highest BCUT2D eigenvalue weighted by Gasteiger charge is 2.16. The lowest BCUT2D eigenvalue weighted by atomic mass is 10.3. The van der Waals surface area contributed by atoms with E-state index < -0.39 is 29.2 Å². The number of rotatable bonds is 3. The molecule has 2 rings (SSSR count). The minimum atomic E-state index is -1.31. The predicted molar refractivity (Wildman–Crippen MR) is 55.4 cm³/mol. The van der Waals surface area contributed by atoms with Crippen LogP contribution in [0.5, 0.6) is 11.6 Å². The molecule has 0 bridgehead atoms. The lowest BCUT2D eigenvalue weighted by Gasteiger charge is -2.07. The zero-order valence-corrected chi connectivity index (χ0v) is 8.80. The quantitative estimate of drug-likeness (QED) is 0.906.